The lowest BCUT2D eigenvalue weighted by Gasteiger charge is -2.08. The molecule has 0 unspecified atom stereocenters. The Labute approximate surface area is 148 Å². The topological polar surface area (TPSA) is 75.9 Å². The molecule has 5 nitrogen and oxygen atoms in total. The first-order valence-electron chi connectivity index (χ1n) is 7.99. The Morgan fingerprint density at radius 2 is 1.69 bits per heavy atom. The Hall–Kier alpha value is -3.67. The van der Waals surface area contributed by atoms with Gasteiger partial charge in [0.05, 0.1) is 5.69 Å². The van der Waals surface area contributed by atoms with Gasteiger partial charge < -0.3 is 10.9 Å². The number of fused-ring (bicyclic) bond motifs is 1. The number of halogens is 1. The molecule has 4 aromatic rings. The molecule has 0 saturated heterocycles. The van der Waals surface area contributed by atoms with E-state index in [1.54, 1.807) is 40.9 Å². The van der Waals surface area contributed by atoms with Crippen LogP contribution < -0.4 is 5.73 Å². The van der Waals surface area contributed by atoms with Gasteiger partial charge in [-0.2, -0.15) is 0 Å². The molecule has 0 aliphatic carbocycles. The fraction of sp³-hybridized carbons (Fsp3) is 0. The highest BCUT2D eigenvalue weighted by Gasteiger charge is 2.17. The van der Waals surface area contributed by atoms with Crippen LogP contribution in [0.3, 0.4) is 0 Å². The second kappa shape index (κ2) is 6.33. The molecule has 26 heavy (non-hydrogen) atoms. The second-order valence-electron chi connectivity index (χ2n) is 5.79. The van der Waals surface area contributed by atoms with Crippen molar-refractivity contribution in [3.05, 3.63) is 89.9 Å². The van der Waals surface area contributed by atoms with Crippen LogP contribution >= 0.6 is 0 Å². The number of pyridine rings is 1. The first-order valence-corrected chi connectivity index (χ1v) is 7.99. The van der Waals surface area contributed by atoms with Crippen LogP contribution in [0.1, 0.15) is 11.1 Å². The van der Waals surface area contributed by atoms with E-state index in [9.17, 15) is 9.60 Å². The Balaban J connectivity index is 1.93. The Kier molecular flexibility index (Phi) is 3.85. The molecule has 2 heterocycles. The molecule has 0 fully saturated rings. The molecule has 0 aliphatic rings. The number of oxime groups is 1. The number of nitrogen functional groups attached to an aromatic ring is 1. The third-order valence-corrected chi connectivity index (χ3v) is 4.20. The summed E-state index contributed by atoms with van der Waals surface area (Å²) in [5, 5.41) is 13.0. The first-order chi connectivity index (χ1) is 12.7. The van der Waals surface area contributed by atoms with E-state index in [0.717, 1.165) is 5.56 Å². The lowest BCUT2D eigenvalue weighted by molar-refractivity contribution is 0.319. The quantitative estimate of drug-likeness (QED) is 0.335. The minimum atomic E-state index is -0.384. The lowest BCUT2D eigenvalue weighted by atomic mass is 10.0. The minimum absolute atomic E-state index is 0.231. The van der Waals surface area contributed by atoms with Gasteiger partial charge in [0.15, 0.2) is 5.82 Å². The zero-order valence-electron chi connectivity index (χ0n) is 13.7. The van der Waals surface area contributed by atoms with Crippen molar-refractivity contribution >= 4 is 17.2 Å². The predicted molar refractivity (Wildman–Crippen MR) is 98.9 cm³/mol. The molecule has 0 atom stereocenters. The summed E-state index contributed by atoms with van der Waals surface area (Å²) in [6, 6.07) is 19.2. The molecule has 6 heteroatoms. The number of nitrogens with zero attached hydrogens (tertiary/aromatic N) is 3. The van der Waals surface area contributed by atoms with Gasteiger partial charge in [0.1, 0.15) is 17.2 Å². The maximum absolute atomic E-state index is 14.3. The van der Waals surface area contributed by atoms with Crippen LogP contribution in [0.4, 0.5) is 10.2 Å². The molecule has 0 spiro atoms. The van der Waals surface area contributed by atoms with Crippen molar-refractivity contribution in [1.82, 2.24) is 9.38 Å². The number of aromatic nitrogens is 2. The van der Waals surface area contributed by atoms with E-state index in [4.69, 9.17) is 5.73 Å². The summed E-state index contributed by atoms with van der Waals surface area (Å²) in [6.45, 7) is 0. The summed E-state index contributed by atoms with van der Waals surface area (Å²) < 4.78 is 16.0. The summed E-state index contributed by atoms with van der Waals surface area (Å²) in [5.74, 6) is -0.153. The van der Waals surface area contributed by atoms with Gasteiger partial charge in [-0.05, 0) is 24.3 Å². The highest BCUT2D eigenvalue weighted by Crippen LogP contribution is 2.29. The lowest BCUT2D eigenvalue weighted by Crippen LogP contribution is -2.05. The fourth-order valence-corrected chi connectivity index (χ4v) is 3.00. The molecule has 0 radical (unpaired) electrons. The van der Waals surface area contributed by atoms with E-state index in [1.807, 2.05) is 30.3 Å². The average molecular weight is 346 g/mol. The zero-order valence-corrected chi connectivity index (χ0v) is 13.7. The SMILES string of the molecule is Nc1nc2ccc(C(=NO)c3ccccc3)cn2c1-c1ccccc1F. The number of benzene rings is 2. The van der Waals surface area contributed by atoms with E-state index >= 15 is 0 Å². The van der Waals surface area contributed by atoms with E-state index in [1.165, 1.54) is 6.07 Å². The van der Waals surface area contributed by atoms with E-state index in [2.05, 4.69) is 10.1 Å². The molecular weight excluding hydrogens is 331 g/mol. The van der Waals surface area contributed by atoms with Crippen molar-refractivity contribution in [2.45, 2.75) is 0 Å². The van der Waals surface area contributed by atoms with Gasteiger partial charge >= 0.3 is 0 Å². The highest BCUT2D eigenvalue weighted by atomic mass is 19.1. The van der Waals surface area contributed by atoms with Gasteiger partial charge in [-0.1, -0.05) is 47.6 Å². The summed E-state index contributed by atoms with van der Waals surface area (Å²) in [7, 11) is 0. The van der Waals surface area contributed by atoms with Crippen LogP contribution in [0.5, 0.6) is 0 Å². The van der Waals surface area contributed by atoms with Crippen LogP contribution in [0.15, 0.2) is 78.1 Å². The van der Waals surface area contributed by atoms with Crippen LogP contribution in [0, 0.1) is 5.82 Å². The second-order valence-corrected chi connectivity index (χ2v) is 5.79. The number of hydrogen-bond donors (Lipinski definition) is 2. The van der Waals surface area contributed by atoms with Gasteiger partial charge in [-0.25, -0.2) is 9.37 Å². The molecule has 4 rings (SSSR count). The number of nitrogens with two attached hydrogens (primary N) is 1. The van der Waals surface area contributed by atoms with Crippen molar-refractivity contribution in [3.8, 4) is 11.3 Å². The highest BCUT2D eigenvalue weighted by molar-refractivity contribution is 6.12. The maximum atomic E-state index is 14.3. The summed E-state index contributed by atoms with van der Waals surface area (Å²) >= 11 is 0. The van der Waals surface area contributed by atoms with Gasteiger partial charge in [0.2, 0.25) is 0 Å². The van der Waals surface area contributed by atoms with Crippen LogP contribution in [-0.4, -0.2) is 20.3 Å². The molecule has 0 amide bonds. The average Bonchev–Trinajstić information content (AvgIpc) is 2.99. The smallest absolute Gasteiger partial charge is 0.150 e. The molecule has 0 bridgehead atoms. The first kappa shape index (κ1) is 15.8. The number of imidazole rings is 1. The largest absolute Gasteiger partial charge is 0.410 e. The summed E-state index contributed by atoms with van der Waals surface area (Å²) in [4.78, 5) is 4.30. The molecule has 0 saturated carbocycles. The summed E-state index contributed by atoms with van der Waals surface area (Å²) in [6.07, 6.45) is 1.74. The van der Waals surface area contributed by atoms with E-state index in [0.29, 0.717) is 28.2 Å². The van der Waals surface area contributed by atoms with Gasteiger partial charge in [-0.15, -0.1) is 0 Å². The minimum Gasteiger partial charge on any atom is -0.410 e. The van der Waals surface area contributed by atoms with Crippen LogP contribution in [-0.2, 0) is 0 Å². The number of rotatable bonds is 3. The maximum Gasteiger partial charge on any atom is 0.150 e. The molecule has 3 N–H and O–H groups in total. The van der Waals surface area contributed by atoms with Gasteiger partial charge in [0.25, 0.3) is 0 Å². The third-order valence-electron chi connectivity index (χ3n) is 4.20. The summed E-state index contributed by atoms with van der Waals surface area (Å²) in [5.41, 5.74) is 9.26. The molecule has 2 aromatic heterocycles. The standard InChI is InChI=1S/C20H15FN4O/c21-16-9-5-4-8-15(16)19-20(22)23-17-11-10-14(12-25(17)19)18(24-26)13-6-2-1-3-7-13/h1-12,26H,22H2. The molecular formula is C20H15FN4O. The van der Waals surface area contributed by atoms with E-state index in [-0.39, 0.29) is 11.6 Å². The third kappa shape index (κ3) is 2.57. The zero-order chi connectivity index (χ0) is 18.1. The normalized spacial score (nSPS) is 11.8. The molecule has 0 aliphatic heterocycles. The monoisotopic (exact) mass is 346 g/mol. The van der Waals surface area contributed by atoms with Crippen molar-refractivity contribution in [1.29, 1.82) is 0 Å². The molecule has 128 valence electrons. The van der Waals surface area contributed by atoms with Crippen LogP contribution in [0.25, 0.3) is 16.9 Å². The number of hydrogen-bond acceptors (Lipinski definition) is 4. The number of anilines is 1. The Bertz CT molecular complexity index is 1120. The van der Waals surface area contributed by atoms with Crippen molar-refractivity contribution in [2.24, 2.45) is 5.16 Å². The predicted octanol–water partition coefficient (Wildman–Crippen LogP) is 3.95. The van der Waals surface area contributed by atoms with Gasteiger partial charge in [-0.3, -0.25) is 4.40 Å². The van der Waals surface area contributed by atoms with Crippen LogP contribution in [0.2, 0.25) is 0 Å². The van der Waals surface area contributed by atoms with Crippen molar-refractivity contribution < 1.29 is 9.60 Å². The van der Waals surface area contributed by atoms with Gasteiger partial charge in [0, 0.05) is 22.9 Å². The Morgan fingerprint density at radius 1 is 0.962 bits per heavy atom. The van der Waals surface area contributed by atoms with E-state index < -0.39 is 0 Å². The Morgan fingerprint density at radius 3 is 2.42 bits per heavy atom. The van der Waals surface area contributed by atoms with Crippen molar-refractivity contribution in [2.75, 3.05) is 5.73 Å². The van der Waals surface area contributed by atoms with Crippen molar-refractivity contribution in [3.63, 3.8) is 0 Å². The fourth-order valence-electron chi connectivity index (χ4n) is 3.00. The molecule has 2 aromatic carbocycles.